The SMILES string of the molecule is CC.CC1OC(C(=O)O)[C@@H](O)C(O)[C@H]1O. The zero-order valence-corrected chi connectivity index (χ0v) is 8.99. The second-order valence-electron chi connectivity index (χ2n) is 3.07. The van der Waals surface area contributed by atoms with Crippen LogP contribution in [0, 0.1) is 0 Å². The van der Waals surface area contributed by atoms with E-state index in [-0.39, 0.29) is 0 Å². The van der Waals surface area contributed by atoms with E-state index in [0.717, 1.165) is 0 Å². The molecule has 6 heteroatoms. The van der Waals surface area contributed by atoms with Crippen LogP contribution in [0.1, 0.15) is 20.8 Å². The standard InChI is InChI=1S/C7H12O6.C2H6/c1-2-3(8)4(9)5(10)6(13-2)7(11)12;1-2/h2-6,8-10H,1H3,(H,11,12);1-2H3/t2?,3-,4?,5-,6?;/m0./s1. The molecule has 6 nitrogen and oxygen atoms in total. The molecule has 0 aliphatic carbocycles. The van der Waals surface area contributed by atoms with Crippen molar-refractivity contribution in [3.63, 3.8) is 0 Å². The Bertz CT molecular complexity index is 207. The minimum absolute atomic E-state index is 0.806. The van der Waals surface area contributed by atoms with Crippen molar-refractivity contribution in [1.29, 1.82) is 0 Å². The molecule has 0 aromatic carbocycles. The van der Waals surface area contributed by atoms with Gasteiger partial charge in [-0.15, -0.1) is 0 Å². The molecule has 0 aromatic heterocycles. The largest absolute Gasteiger partial charge is 0.479 e. The van der Waals surface area contributed by atoms with Gasteiger partial charge in [-0.25, -0.2) is 4.79 Å². The van der Waals surface area contributed by atoms with Gasteiger partial charge in [0.2, 0.25) is 0 Å². The summed E-state index contributed by atoms with van der Waals surface area (Å²) in [6.45, 7) is 5.43. The summed E-state index contributed by atoms with van der Waals surface area (Å²) < 4.78 is 4.78. The molecular formula is C9H18O6. The average Bonchev–Trinajstić information content (AvgIpc) is 2.23. The van der Waals surface area contributed by atoms with E-state index in [2.05, 4.69) is 0 Å². The molecular weight excluding hydrogens is 204 g/mol. The number of hydrogen-bond acceptors (Lipinski definition) is 5. The van der Waals surface area contributed by atoms with Gasteiger partial charge in [-0.3, -0.25) is 0 Å². The van der Waals surface area contributed by atoms with Crippen LogP contribution in [0.2, 0.25) is 0 Å². The second kappa shape index (κ2) is 6.02. The summed E-state index contributed by atoms with van der Waals surface area (Å²) in [5, 5.41) is 36.1. The molecule has 90 valence electrons. The number of carboxylic acid groups (broad SMARTS) is 1. The molecule has 4 N–H and O–H groups in total. The maximum Gasteiger partial charge on any atom is 0.335 e. The Morgan fingerprint density at radius 2 is 1.53 bits per heavy atom. The third kappa shape index (κ3) is 3.13. The van der Waals surface area contributed by atoms with E-state index >= 15 is 0 Å². The molecule has 0 amide bonds. The molecule has 1 aliphatic rings. The van der Waals surface area contributed by atoms with Crippen molar-refractivity contribution in [1.82, 2.24) is 0 Å². The van der Waals surface area contributed by atoms with Crippen LogP contribution in [0.15, 0.2) is 0 Å². The van der Waals surface area contributed by atoms with E-state index in [1.807, 2.05) is 13.8 Å². The normalized spacial score (nSPS) is 40.3. The zero-order valence-electron chi connectivity index (χ0n) is 8.99. The number of aliphatic hydroxyl groups is 3. The van der Waals surface area contributed by atoms with Gasteiger partial charge in [0.15, 0.2) is 6.10 Å². The Balaban J connectivity index is 0.000000921. The van der Waals surface area contributed by atoms with Gasteiger partial charge in [-0.1, -0.05) is 13.8 Å². The summed E-state index contributed by atoms with van der Waals surface area (Å²) in [7, 11) is 0. The minimum atomic E-state index is -1.59. The minimum Gasteiger partial charge on any atom is -0.479 e. The van der Waals surface area contributed by atoms with E-state index in [9.17, 15) is 20.1 Å². The Hall–Kier alpha value is -0.690. The lowest BCUT2D eigenvalue weighted by molar-refractivity contribution is -0.223. The lowest BCUT2D eigenvalue weighted by Crippen LogP contribution is -2.58. The van der Waals surface area contributed by atoms with Gasteiger partial charge in [0, 0.05) is 0 Å². The van der Waals surface area contributed by atoms with Crippen LogP contribution in [0.25, 0.3) is 0 Å². The van der Waals surface area contributed by atoms with E-state index in [0.29, 0.717) is 0 Å². The van der Waals surface area contributed by atoms with Gasteiger partial charge >= 0.3 is 5.97 Å². The molecule has 3 unspecified atom stereocenters. The molecule has 1 heterocycles. The van der Waals surface area contributed by atoms with Crippen molar-refractivity contribution in [2.45, 2.75) is 51.3 Å². The Morgan fingerprint density at radius 3 is 1.93 bits per heavy atom. The third-order valence-corrected chi connectivity index (χ3v) is 2.10. The Labute approximate surface area is 88.1 Å². The molecule has 1 saturated heterocycles. The highest BCUT2D eigenvalue weighted by molar-refractivity contribution is 5.73. The highest BCUT2D eigenvalue weighted by atomic mass is 16.6. The quantitative estimate of drug-likeness (QED) is 0.452. The van der Waals surface area contributed by atoms with E-state index in [4.69, 9.17) is 9.84 Å². The van der Waals surface area contributed by atoms with Gasteiger partial charge in [0.1, 0.15) is 18.3 Å². The van der Waals surface area contributed by atoms with Crippen LogP contribution < -0.4 is 0 Å². The van der Waals surface area contributed by atoms with Crippen LogP contribution >= 0.6 is 0 Å². The first-order valence-electron chi connectivity index (χ1n) is 4.87. The molecule has 0 aromatic rings. The van der Waals surface area contributed by atoms with Crippen molar-refractivity contribution in [2.75, 3.05) is 0 Å². The van der Waals surface area contributed by atoms with Crippen molar-refractivity contribution in [3.8, 4) is 0 Å². The van der Waals surface area contributed by atoms with Crippen molar-refractivity contribution < 1.29 is 30.0 Å². The summed E-state index contributed by atoms with van der Waals surface area (Å²) in [6.07, 6.45) is -6.62. The number of carbonyl (C=O) groups is 1. The molecule has 1 aliphatic heterocycles. The molecule has 0 spiro atoms. The second-order valence-corrected chi connectivity index (χ2v) is 3.07. The van der Waals surface area contributed by atoms with Gasteiger partial charge < -0.3 is 25.2 Å². The molecule has 15 heavy (non-hydrogen) atoms. The number of ether oxygens (including phenoxy) is 1. The maximum atomic E-state index is 10.5. The topological polar surface area (TPSA) is 107 Å². The first kappa shape index (κ1) is 14.3. The monoisotopic (exact) mass is 222 g/mol. The van der Waals surface area contributed by atoms with Crippen LogP contribution in [0.4, 0.5) is 0 Å². The Morgan fingerprint density at radius 1 is 1.07 bits per heavy atom. The van der Waals surface area contributed by atoms with Gasteiger partial charge in [-0.05, 0) is 6.92 Å². The van der Waals surface area contributed by atoms with Crippen molar-refractivity contribution in [3.05, 3.63) is 0 Å². The fraction of sp³-hybridized carbons (Fsp3) is 0.889. The number of rotatable bonds is 1. The van der Waals surface area contributed by atoms with Crippen molar-refractivity contribution >= 4 is 5.97 Å². The van der Waals surface area contributed by atoms with Crippen molar-refractivity contribution in [2.24, 2.45) is 0 Å². The van der Waals surface area contributed by atoms with E-state index < -0.39 is 36.5 Å². The summed E-state index contributed by atoms with van der Waals surface area (Å²) in [5.74, 6) is -1.36. The van der Waals surface area contributed by atoms with Crippen LogP contribution in [0.3, 0.4) is 0 Å². The molecule has 0 radical (unpaired) electrons. The van der Waals surface area contributed by atoms with Gasteiger partial charge in [0.05, 0.1) is 6.10 Å². The first-order chi connectivity index (χ1) is 6.95. The van der Waals surface area contributed by atoms with Gasteiger partial charge in [0.25, 0.3) is 0 Å². The molecule has 1 rings (SSSR count). The molecule has 0 saturated carbocycles. The third-order valence-electron chi connectivity index (χ3n) is 2.10. The summed E-state index contributed by atoms with van der Waals surface area (Å²) in [6, 6.07) is 0. The van der Waals surface area contributed by atoms with Crippen LogP contribution in [-0.4, -0.2) is 56.9 Å². The number of hydrogen-bond donors (Lipinski definition) is 4. The Kier molecular flexibility index (Phi) is 5.74. The predicted molar refractivity (Wildman–Crippen MR) is 51.3 cm³/mol. The maximum absolute atomic E-state index is 10.5. The predicted octanol–water partition coefficient (Wildman–Crippen LogP) is -1.03. The first-order valence-corrected chi connectivity index (χ1v) is 4.87. The molecule has 1 fully saturated rings. The highest BCUT2D eigenvalue weighted by Crippen LogP contribution is 2.20. The number of aliphatic carboxylic acids is 1. The van der Waals surface area contributed by atoms with E-state index in [1.54, 1.807) is 0 Å². The summed E-state index contributed by atoms with van der Waals surface area (Å²) >= 11 is 0. The lowest BCUT2D eigenvalue weighted by atomic mass is 9.96. The highest BCUT2D eigenvalue weighted by Gasteiger charge is 2.44. The summed E-state index contributed by atoms with van der Waals surface area (Å²) in [4.78, 5) is 10.5. The zero-order chi connectivity index (χ0) is 12.2. The van der Waals surface area contributed by atoms with Crippen LogP contribution in [0.5, 0.6) is 0 Å². The lowest BCUT2D eigenvalue weighted by Gasteiger charge is -2.37. The van der Waals surface area contributed by atoms with E-state index in [1.165, 1.54) is 6.92 Å². The van der Waals surface area contributed by atoms with Crippen LogP contribution in [-0.2, 0) is 9.53 Å². The fourth-order valence-electron chi connectivity index (χ4n) is 1.26. The average molecular weight is 222 g/mol. The molecule has 0 bridgehead atoms. The number of carboxylic acids is 1. The summed E-state index contributed by atoms with van der Waals surface area (Å²) in [5.41, 5.74) is 0. The number of aliphatic hydroxyl groups excluding tert-OH is 3. The van der Waals surface area contributed by atoms with Gasteiger partial charge in [-0.2, -0.15) is 0 Å². The fourth-order valence-corrected chi connectivity index (χ4v) is 1.26. The smallest absolute Gasteiger partial charge is 0.335 e. The molecule has 5 atom stereocenters.